The van der Waals surface area contributed by atoms with Crippen molar-refractivity contribution in [2.45, 2.75) is 0 Å². The van der Waals surface area contributed by atoms with E-state index in [9.17, 15) is 0 Å². The Morgan fingerprint density at radius 1 is 1.75 bits per heavy atom. The molecule has 0 atom stereocenters. The van der Waals surface area contributed by atoms with Crippen molar-refractivity contribution >= 4 is 16.6 Å². The van der Waals surface area contributed by atoms with Gasteiger partial charge in [-0.2, -0.15) is 0 Å². The number of rotatable bonds is 0. The van der Waals surface area contributed by atoms with Crippen LogP contribution >= 0.6 is 0 Å². The van der Waals surface area contributed by atoms with Crippen molar-refractivity contribution in [3.05, 3.63) is 0 Å². The zero-order valence-electron chi connectivity index (χ0n) is 1.43. The summed E-state index contributed by atoms with van der Waals surface area (Å²) in [4.78, 5) is 8.36. The summed E-state index contributed by atoms with van der Waals surface area (Å²) in [7, 11) is 0. The van der Waals surface area contributed by atoms with Gasteiger partial charge >= 0.3 is 10.1 Å². The molecule has 3 heteroatoms. The molecule has 0 spiro atoms. The van der Waals surface area contributed by atoms with Gasteiger partial charge in [0.2, 0.25) is 0 Å². The SMILES string of the molecule is O=CO.[BeH2]. The molecule has 0 aliphatic rings. The van der Waals surface area contributed by atoms with Gasteiger partial charge in [0, 0.05) is 0 Å². The Morgan fingerprint density at radius 2 is 1.75 bits per heavy atom. The van der Waals surface area contributed by atoms with E-state index in [0.717, 1.165) is 0 Å². The normalized spacial score (nSPS) is 3.00. The predicted molar refractivity (Wildman–Crippen MR) is 17.2 cm³/mol. The minimum absolute atomic E-state index is 0. The van der Waals surface area contributed by atoms with Crippen molar-refractivity contribution in [2.24, 2.45) is 0 Å². The summed E-state index contributed by atoms with van der Waals surface area (Å²) in [5.41, 5.74) is 0. The molecule has 4 heavy (non-hydrogen) atoms. The molecule has 2 nitrogen and oxygen atoms in total. The second-order valence-electron chi connectivity index (χ2n) is 0.105. The Balaban J connectivity index is 0. The van der Waals surface area contributed by atoms with E-state index >= 15 is 0 Å². The standard InChI is InChI=1S/CH2O2.Be.2H/c2-1-3;;;/h1H,(H,2,3);;;. The summed E-state index contributed by atoms with van der Waals surface area (Å²) >= 11 is 0. The zero-order valence-corrected chi connectivity index (χ0v) is 1.43. The van der Waals surface area contributed by atoms with Crippen molar-refractivity contribution in [3.8, 4) is 0 Å². The van der Waals surface area contributed by atoms with Gasteiger partial charge in [0.05, 0.1) is 0 Å². The first-order valence-electron chi connectivity index (χ1n) is 0.494. The Morgan fingerprint density at radius 3 is 1.75 bits per heavy atom. The van der Waals surface area contributed by atoms with Gasteiger partial charge in [0.25, 0.3) is 6.47 Å². The van der Waals surface area contributed by atoms with E-state index in [1.807, 2.05) is 0 Å². The van der Waals surface area contributed by atoms with Gasteiger partial charge in [0.1, 0.15) is 0 Å². The van der Waals surface area contributed by atoms with Crippen molar-refractivity contribution in [1.82, 2.24) is 0 Å². The summed E-state index contributed by atoms with van der Waals surface area (Å²) in [5.74, 6) is 0. The van der Waals surface area contributed by atoms with Crippen LogP contribution in [0.2, 0.25) is 0 Å². The molecule has 0 unspecified atom stereocenters. The molecule has 0 aromatic rings. The van der Waals surface area contributed by atoms with Gasteiger partial charge in [0.15, 0.2) is 0 Å². The van der Waals surface area contributed by atoms with Crippen molar-refractivity contribution in [3.63, 3.8) is 0 Å². The van der Waals surface area contributed by atoms with Crippen LogP contribution in [-0.2, 0) is 4.79 Å². The van der Waals surface area contributed by atoms with Crippen LogP contribution in [0.15, 0.2) is 0 Å². The van der Waals surface area contributed by atoms with E-state index in [1.54, 1.807) is 0 Å². The van der Waals surface area contributed by atoms with Crippen LogP contribution in [0.3, 0.4) is 0 Å². The predicted octanol–water partition coefficient (Wildman–Crippen LogP) is -1.22. The monoisotopic (exact) mass is 57.0 g/mol. The molecule has 0 aromatic heterocycles. The Labute approximate surface area is 27.7 Å². The zero-order chi connectivity index (χ0) is 2.71. The summed E-state index contributed by atoms with van der Waals surface area (Å²) in [6, 6.07) is 0. The second kappa shape index (κ2) is 17.4. The first kappa shape index (κ1) is 9.43. The van der Waals surface area contributed by atoms with E-state index < -0.39 is 0 Å². The molecule has 0 saturated carbocycles. The van der Waals surface area contributed by atoms with Gasteiger partial charge < -0.3 is 5.11 Å². The maximum atomic E-state index is 8.36. The molecule has 0 amide bonds. The summed E-state index contributed by atoms with van der Waals surface area (Å²) < 4.78 is 0. The molecule has 0 aliphatic carbocycles. The van der Waals surface area contributed by atoms with Crippen molar-refractivity contribution in [1.29, 1.82) is 0 Å². The average molecular weight is 57.1 g/mol. The third-order valence-electron chi connectivity index (χ3n) is 0. The van der Waals surface area contributed by atoms with E-state index in [1.165, 1.54) is 0 Å². The Hall–Kier alpha value is -0.361. The van der Waals surface area contributed by atoms with Gasteiger partial charge in [-0.1, -0.05) is 0 Å². The molecule has 1 N–H and O–H groups in total. The molecule has 0 rings (SSSR count). The molecule has 0 bridgehead atoms. The van der Waals surface area contributed by atoms with Crippen LogP contribution in [0, 0.1) is 0 Å². The Kier molecular flexibility index (Phi) is 41.0. The molecule has 0 radical (unpaired) electrons. The maximum absolute atomic E-state index is 8.36. The van der Waals surface area contributed by atoms with Crippen LogP contribution in [0.1, 0.15) is 0 Å². The fourth-order valence-corrected chi connectivity index (χ4v) is 0. The van der Waals surface area contributed by atoms with Gasteiger partial charge in [-0.3, -0.25) is 4.79 Å². The average Bonchev–Trinajstić information content (AvgIpc) is 0.918. The number of hydrogen-bond donors (Lipinski definition) is 1. The molecule has 0 fully saturated rings. The van der Waals surface area contributed by atoms with E-state index in [4.69, 9.17) is 9.90 Å². The van der Waals surface area contributed by atoms with Gasteiger partial charge in [-0.05, 0) is 0 Å². The number of carboxylic acid groups (broad SMARTS) is 1. The second-order valence-corrected chi connectivity index (χ2v) is 0.105. The van der Waals surface area contributed by atoms with Crippen molar-refractivity contribution < 1.29 is 9.90 Å². The third kappa shape index (κ3) is 5.13. The molecular weight excluding hydrogens is 53.0 g/mol. The third-order valence-corrected chi connectivity index (χ3v) is 0. The molecule has 0 saturated heterocycles. The molecule has 22 valence electrons. The van der Waals surface area contributed by atoms with E-state index in [-0.39, 0.29) is 16.6 Å². The quantitative estimate of drug-likeness (QED) is 0.279. The van der Waals surface area contributed by atoms with Gasteiger partial charge in [-0.25, -0.2) is 0 Å². The molecule has 0 aromatic carbocycles. The summed E-state index contributed by atoms with van der Waals surface area (Å²) in [6.07, 6.45) is 0. The summed E-state index contributed by atoms with van der Waals surface area (Å²) in [5, 5.41) is 6.89. The van der Waals surface area contributed by atoms with E-state index in [2.05, 4.69) is 0 Å². The molecule has 0 aliphatic heterocycles. The van der Waals surface area contributed by atoms with Gasteiger partial charge in [-0.15, -0.1) is 0 Å². The minimum atomic E-state index is -0.250. The van der Waals surface area contributed by atoms with Crippen LogP contribution in [0.25, 0.3) is 0 Å². The fourth-order valence-electron chi connectivity index (χ4n) is 0. The van der Waals surface area contributed by atoms with Crippen LogP contribution in [0.5, 0.6) is 0 Å². The fraction of sp³-hybridized carbons (Fsp3) is 0. The Bertz CT molecular complexity index is 13.5. The van der Waals surface area contributed by atoms with Crippen molar-refractivity contribution in [2.75, 3.05) is 0 Å². The van der Waals surface area contributed by atoms with Crippen LogP contribution in [-0.4, -0.2) is 21.7 Å². The molecule has 0 heterocycles. The van der Waals surface area contributed by atoms with Crippen LogP contribution in [0.4, 0.5) is 0 Å². The van der Waals surface area contributed by atoms with Crippen LogP contribution < -0.4 is 0 Å². The molecular formula is CH4BeO2. The number of hydrogen-bond acceptors (Lipinski definition) is 1. The summed E-state index contributed by atoms with van der Waals surface area (Å²) in [6.45, 7) is -0.250. The first-order valence-corrected chi connectivity index (χ1v) is 0.494. The first-order chi connectivity index (χ1) is 1.41. The number of carbonyl (C=O) groups is 1. The van der Waals surface area contributed by atoms with E-state index in [0.29, 0.717) is 0 Å². The topological polar surface area (TPSA) is 37.3 Å².